The molecule has 21 heavy (non-hydrogen) atoms. The zero-order valence-corrected chi connectivity index (χ0v) is 14.4. The Morgan fingerprint density at radius 3 is 2.81 bits per heavy atom. The third-order valence-corrected chi connectivity index (χ3v) is 3.39. The van der Waals surface area contributed by atoms with Gasteiger partial charge in [-0.2, -0.15) is 0 Å². The van der Waals surface area contributed by atoms with Crippen LogP contribution in [-0.2, 0) is 11.3 Å². The predicted molar refractivity (Wildman–Crippen MR) is 89.0 cm³/mol. The smallest absolute Gasteiger partial charge is 0.175 e. The number of ether oxygens (including phenoxy) is 3. The summed E-state index contributed by atoms with van der Waals surface area (Å²) >= 11 is 3.55. The molecule has 0 bridgehead atoms. The fourth-order valence-electron chi connectivity index (χ4n) is 1.82. The number of hydrogen-bond donors (Lipinski definition) is 1. The summed E-state index contributed by atoms with van der Waals surface area (Å²) in [6, 6.07) is 4.06. The molecule has 1 rings (SSSR count). The van der Waals surface area contributed by atoms with Crippen molar-refractivity contribution in [2.75, 3.05) is 26.9 Å². The number of halogens is 1. The Kier molecular flexibility index (Phi) is 8.94. The van der Waals surface area contributed by atoms with Gasteiger partial charge in [-0.3, -0.25) is 0 Å². The molecule has 0 fully saturated rings. The van der Waals surface area contributed by atoms with Crippen LogP contribution in [0.3, 0.4) is 0 Å². The molecule has 0 heterocycles. The minimum Gasteiger partial charge on any atom is -0.502 e. The summed E-state index contributed by atoms with van der Waals surface area (Å²) in [5.41, 5.74) is 1.15. The van der Waals surface area contributed by atoms with Crippen LogP contribution in [0.1, 0.15) is 25.3 Å². The quantitative estimate of drug-likeness (QED) is 0.481. The summed E-state index contributed by atoms with van der Waals surface area (Å²) in [6.07, 6.45) is 3.38. The summed E-state index contributed by atoms with van der Waals surface area (Å²) in [5, 5.41) is 3.37. The van der Waals surface area contributed by atoms with Crippen molar-refractivity contribution in [1.82, 2.24) is 5.32 Å². The van der Waals surface area contributed by atoms with Crippen LogP contribution in [0.4, 0.5) is 0 Å². The Labute approximate surface area is 135 Å². The minimum absolute atomic E-state index is 0.676. The molecular weight excluding hydrogens is 334 g/mol. The molecule has 0 aromatic heterocycles. The van der Waals surface area contributed by atoms with Gasteiger partial charge in [0.1, 0.15) is 0 Å². The molecule has 0 amide bonds. The van der Waals surface area contributed by atoms with E-state index in [0.717, 1.165) is 47.5 Å². The van der Waals surface area contributed by atoms with Crippen molar-refractivity contribution < 1.29 is 14.2 Å². The molecule has 5 heteroatoms. The minimum atomic E-state index is 0.676. The van der Waals surface area contributed by atoms with Crippen LogP contribution in [0.25, 0.3) is 0 Å². The Balaban J connectivity index is 2.55. The van der Waals surface area contributed by atoms with Gasteiger partial charge in [0.05, 0.1) is 31.1 Å². The van der Waals surface area contributed by atoms with Gasteiger partial charge in [0.25, 0.3) is 0 Å². The van der Waals surface area contributed by atoms with Crippen molar-refractivity contribution in [3.05, 3.63) is 35.0 Å². The number of rotatable bonds is 11. The van der Waals surface area contributed by atoms with Gasteiger partial charge in [0.2, 0.25) is 0 Å². The molecule has 0 spiro atoms. The molecule has 4 nitrogen and oxygen atoms in total. The third-order valence-electron chi connectivity index (χ3n) is 2.80. The Bertz CT molecular complexity index is 438. The summed E-state index contributed by atoms with van der Waals surface area (Å²) in [6.45, 7) is 8.62. The number of nitrogens with one attached hydrogen (secondary N) is 1. The van der Waals surface area contributed by atoms with Gasteiger partial charge >= 0.3 is 0 Å². The maximum Gasteiger partial charge on any atom is 0.175 e. The first kappa shape index (κ1) is 17.9. The van der Waals surface area contributed by atoms with Crippen molar-refractivity contribution in [3.63, 3.8) is 0 Å². The molecule has 1 aromatic rings. The van der Waals surface area contributed by atoms with Gasteiger partial charge in [0, 0.05) is 6.54 Å². The Hall–Kier alpha value is -1.20. The average Bonchev–Trinajstić information content (AvgIpc) is 2.49. The summed E-state index contributed by atoms with van der Waals surface area (Å²) in [7, 11) is 1.66. The third kappa shape index (κ3) is 6.40. The molecule has 0 radical (unpaired) electrons. The van der Waals surface area contributed by atoms with Crippen molar-refractivity contribution in [1.29, 1.82) is 0 Å². The van der Waals surface area contributed by atoms with Crippen LogP contribution < -0.4 is 14.8 Å². The van der Waals surface area contributed by atoms with Gasteiger partial charge in [-0.05, 0) is 53.0 Å². The maximum atomic E-state index is 5.71. The van der Waals surface area contributed by atoms with Crippen LogP contribution in [0.15, 0.2) is 29.4 Å². The summed E-state index contributed by atoms with van der Waals surface area (Å²) < 4.78 is 17.1. The highest BCUT2D eigenvalue weighted by molar-refractivity contribution is 9.10. The lowest BCUT2D eigenvalue weighted by Crippen LogP contribution is -2.16. The van der Waals surface area contributed by atoms with Crippen LogP contribution in [-0.4, -0.2) is 26.9 Å². The van der Waals surface area contributed by atoms with E-state index in [0.29, 0.717) is 13.2 Å². The molecule has 0 unspecified atom stereocenters. The van der Waals surface area contributed by atoms with Crippen LogP contribution >= 0.6 is 15.9 Å². The second-order valence-electron chi connectivity index (χ2n) is 4.53. The topological polar surface area (TPSA) is 39.7 Å². The molecule has 0 aliphatic carbocycles. The highest BCUT2D eigenvalue weighted by atomic mass is 79.9. The SMILES string of the molecule is C=COCCCNCc1cc(Br)c(OCCC)c(OC)c1. The number of methoxy groups -OCH3 is 1. The molecule has 0 atom stereocenters. The zero-order chi connectivity index (χ0) is 15.5. The van der Waals surface area contributed by atoms with Crippen LogP contribution in [0, 0.1) is 0 Å². The second-order valence-corrected chi connectivity index (χ2v) is 5.38. The number of benzene rings is 1. The lowest BCUT2D eigenvalue weighted by Gasteiger charge is -2.14. The van der Waals surface area contributed by atoms with E-state index in [1.807, 2.05) is 6.07 Å². The highest BCUT2D eigenvalue weighted by Crippen LogP contribution is 2.36. The van der Waals surface area contributed by atoms with E-state index in [9.17, 15) is 0 Å². The molecule has 1 N–H and O–H groups in total. The molecule has 1 aromatic carbocycles. The predicted octanol–water partition coefficient (Wildman–Crippen LogP) is 3.89. The first-order valence-corrected chi connectivity index (χ1v) is 7.94. The van der Waals surface area contributed by atoms with E-state index in [-0.39, 0.29) is 0 Å². The first-order chi connectivity index (χ1) is 10.2. The average molecular weight is 358 g/mol. The van der Waals surface area contributed by atoms with Gasteiger partial charge in [0.15, 0.2) is 11.5 Å². The van der Waals surface area contributed by atoms with E-state index in [2.05, 4.69) is 40.8 Å². The van der Waals surface area contributed by atoms with E-state index < -0.39 is 0 Å². The van der Waals surface area contributed by atoms with E-state index >= 15 is 0 Å². The molecule has 0 saturated carbocycles. The molecule has 0 aliphatic rings. The van der Waals surface area contributed by atoms with E-state index in [4.69, 9.17) is 14.2 Å². The van der Waals surface area contributed by atoms with E-state index in [1.54, 1.807) is 7.11 Å². The standard InChI is InChI=1S/C16H24BrNO3/c1-4-8-21-16-14(17)10-13(11-15(16)19-3)12-18-7-6-9-20-5-2/h5,10-11,18H,2,4,6-9,12H2,1,3H3. The molecular formula is C16H24BrNO3. The lowest BCUT2D eigenvalue weighted by molar-refractivity contribution is 0.244. The van der Waals surface area contributed by atoms with Crippen molar-refractivity contribution in [3.8, 4) is 11.5 Å². The van der Waals surface area contributed by atoms with Gasteiger partial charge in [-0.25, -0.2) is 0 Å². The van der Waals surface area contributed by atoms with Crippen LogP contribution in [0.2, 0.25) is 0 Å². The summed E-state index contributed by atoms with van der Waals surface area (Å²) in [4.78, 5) is 0. The van der Waals surface area contributed by atoms with Gasteiger partial charge < -0.3 is 19.5 Å². The second kappa shape index (κ2) is 10.5. The van der Waals surface area contributed by atoms with Gasteiger partial charge in [-0.1, -0.05) is 13.5 Å². The fourth-order valence-corrected chi connectivity index (χ4v) is 2.42. The Morgan fingerprint density at radius 2 is 2.14 bits per heavy atom. The first-order valence-electron chi connectivity index (χ1n) is 7.15. The highest BCUT2D eigenvalue weighted by Gasteiger charge is 2.11. The Morgan fingerprint density at radius 1 is 1.33 bits per heavy atom. The lowest BCUT2D eigenvalue weighted by atomic mass is 10.2. The molecule has 118 valence electrons. The fraction of sp³-hybridized carbons (Fsp3) is 0.500. The monoisotopic (exact) mass is 357 g/mol. The normalized spacial score (nSPS) is 10.2. The molecule has 0 saturated heterocycles. The summed E-state index contributed by atoms with van der Waals surface area (Å²) in [5.74, 6) is 1.52. The van der Waals surface area contributed by atoms with Crippen molar-refractivity contribution >= 4 is 15.9 Å². The molecule has 0 aliphatic heterocycles. The van der Waals surface area contributed by atoms with Crippen molar-refractivity contribution in [2.45, 2.75) is 26.3 Å². The number of hydrogen-bond acceptors (Lipinski definition) is 4. The zero-order valence-electron chi connectivity index (χ0n) is 12.8. The maximum absolute atomic E-state index is 5.71. The van der Waals surface area contributed by atoms with Gasteiger partial charge in [-0.15, -0.1) is 0 Å². The largest absolute Gasteiger partial charge is 0.502 e. The van der Waals surface area contributed by atoms with E-state index in [1.165, 1.54) is 6.26 Å². The van der Waals surface area contributed by atoms with Crippen molar-refractivity contribution in [2.24, 2.45) is 0 Å². The van der Waals surface area contributed by atoms with Crippen LogP contribution in [0.5, 0.6) is 11.5 Å².